The maximum atomic E-state index is 15.3. The zero-order valence-corrected chi connectivity index (χ0v) is 24.4. The van der Waals surface area contributed by atoms with Gasteiger partial charge in [-0.25, -0.2) is 18.9 Å². The van der Waals surface area contributed by atoms with Crippen LogP contribution in [0.2, 0.25) is 10.2 Å². The first-order valence-corrected chi connectivity index (χ1v) is 14.7. The summed E-state index contributed by atoms with van der Waals surface area (Å²) in [4.78, 5) is 29.7. The van der Waals surface area contributed by atoms with E-state index < -0.39 is 11.9 Å². The average Bonchev–Trinajstić information content (AvgIpc) is 3.50. The summed E-state index contributed by atoms with van der Waals surface area (Å²) in [5, 5.41) is 6.08. The topological polar surface area (TPSA) is 79.1 Å². The van der Waals surface area contributed by atoms with Crippen molar-refractivity contribution < 1.29 is 13.9 Å². The van der Waals surface area contributed by atoms with Crippen LogP contribution in [-0.4, -0.2) is 81.7 Å². The van der Waals surface area contributed by atoms with E-state index in [9.17, 15) is 4.79 Å². The summed E-state index contributed by atoms with van der Waals surface area (Å²) >= 11 is 14.0. The van der Waals surface area contributed by atoms with Crippen LogP contribution in [0.4, 0.5) is 10.2 Å². The Bertz CT molecular complexity index is 1570. The largest absolute Gasteiger partial charge is 0.481 e. The van der Waals surface area contributed by atoms with Crippen molar-refractivity contribution in [3.63, 3.8) is 0 Å². The molecule has 5 heterocycles. The number of rotatable bonds is 6. The van der Waals surface area contributed by atoms with Crippen LogP contribution >= 0.6 is 34.5 Å². The van der Waals surface area contributed by atoms with Crippen LogP contribution in [0.5, 0.6) is 5.75 Å². The van der Waals surface area contributed by atoms with Crippen LogP contribution in [0.1, 0.15) is 34.9 Å². The standard InChI is InChI=1S/C27H28Cl2FN7O2S/c1-3-22-33-37-25-19(31-27(37)40-22)8-9-36(24(25)17-5-4-16(28)14-18(17)30)23(38)15-39-20-6-7-21(32-26(20)29)35-12-10-34(2)11-13-35/h4-7,14,24H,3,8-13,15H2,1-2H3. The predicted molar refractivity (Wildman–Crippen MR) is 153 cm³/mol. The normalized spacial score (nSPS) is 17.9. The molecule has 0 saturated carbocycles. The molecule has 6 rings (SSSR count). The van der Waals surface area contributed by atoms with Crippen molar-refractivity contribution in [2.75, 3.05) is 51.3 Å². The molecule has 13 heteroatoms. The second-order valence-electron chi connectivity index (χ2n) is 9.93. The highest BCUT2D eigenvalue weighted by molar-refractivity contribution is 7.16. The summed E-state index contributed by atoms with van der Waals surface area (Å²) in [5.74, 6) is 0.276. The van der Waals surface area contributed by atoms with Crippen molar-refractivity contribution in [3.8, 4) is 5.75 Å². The maximum Gasteiger partial charge on any atom is 0.261 e. The molecular formula is C27H28Cl2FN7O2S. The van der Waals surface area contributed by atoms with Crippen LogP contribution in [-0.2, 0) is 17.6 Å². The maximum absolute atomic E-state index is 15.3. The second kappa shape index (κ2) is 11.1. The van der Waals surface area contributed by atoms with E-state index in [-0.39, 0.29) is 22.7 Å². The van der Waals surface area contributed by atoms with Crippen LogP contribution in [0.25, 0.3) is 4.96 Å². The number of amides is 1. The molecule has 210 valence electrons. The molecular weight excluding hydrogens is 576 g/mol. The number of hydrogen-bond donors (Lipinski definition) is 0. The Hall–Kier alpha value is -2.99. The Morgan fingerprint density at radius 3 is 2.65 bits per heavy atom. The van der Waals surface area contributed by atoms with Crippen LogP contribution in [0, 0.1) is 5.82 Å². The minimum Gasteiger partial charge on any atom is -0.481 e. The molecule has 3 aromatic heterocycles. The highest BCUT2D eigenvalue weighted by Crippen LogP contribution is 2.38. The van der Waals surface area contributed by atoms with Gasteiger partial charge < -0.3 is 19.4 Å². The molecule has 1 atom stereocenters. The Morgan fingerprint density at radius 1 is 1.12 bits per heavy atom. The summed E-state index contributed by atoms with van der Waals surface area (Å²) in [5.41, 5.74) is 1.81. The number of likely N-dealkylation sites (N-methyl/N-ethyl adjacent to an activating group) is 1. The van der Waals surface area contributed by atoms with Gasteiger partial charge in [0.2, 0.25) is 4.96 Å². The van der Waals surface area contributed by atoms with Gasteiger partial charge in [-0.1, -0.05) is 47.5 Å². The number of piperazine rings is 1. The number of benzene rings is 1. The Labute approximate surface area is 245 Å². The number of hydrogen-bond acceptors (Lipinski definition) is 8. The van der Waals surface area contributed by atoms with Crippen LogP contribution in [0.3, 0.4) is 0 Å². The van der Waals surface area contributed by atoms with Crippen molar-refractivity contribution in [1.82, 2.24) is 29.4 Å². The number of fused-ring (bicyclic) bond motifs is 3. The lowest BCUT2D eigenvalue weighted by atomic mass is 9.95. The molecule has 4 aromatic rings. The number of nitrogens with zero attached hydrogens (tertiary/aromatic N) is 7. The Balaban J connectivity index is 1.26. The van der Waals surface area contributed by atoms with Crippen molar-refractivity contribution in [1.29, 1.82) is 0 Å². The SMILES string of the molecule is CCc1nn2c3c(nc2s1)CCN(C(=O)COc1ccc(N2CCN(C)CC2)nc1Cl)C3c1ccc(Cl)cc1F. The van der Waals surface area contributed by atoms with E-state index in [2.05, 4.69) is 21.8 Å². The van der Waals surface area contributed by atoms with E-state index in [1.165, 1.54) is 17.4 Å². The lowest BCUT2D eigenvalue weighted by molar-refractivity contribution is -0.135. The summed E-state index contributed by atoms with van der Waals surface area (Å²) < 4.78 is 22.9. The third-order valence-corrected chi connectivity index (χ3v) is 8.93. The number of aryl methyl sites for hydroxylation is 1. The predicted octanol–water partition coefficient (Wildman–Crippen LogP) is 4.50. The van der Waals surface area contributed by atoms with Crippen LogP contribution in [0.15, 0.2) is 30.3 Å². The van der Waals surface area contributed by atoms with Gasteiger partial charge in [0.05, 0.1) is 11.4 Å². The Kier molecular flexibility index (Phi) is 7.56. The molecule has 1 amide bonds. The second-order valence-corrected chi connectivity index (χ2v) is 11.8. The average molecular weight is 605 g/mol. The van der Waals surface area contributed by atoms with Gasteiger partial charge in [0, 0.05) is 49.7 Å². The molecule has 1 unspecified atom stereocenters. The monoisotopic (exact) mass is 603 g/mol. The van der Waals surface area contributed by atoms with E-state index in [0.717, 1.165) is 54.1 Å². The van der Waals surface area contributed by atoms with Gasteiger partial charge in [0.1, 0.15) is 22.7 Å². The summed E-state index contributed by atoms with van der Waals surface area (Å²) in [7, 11) is 2.09. The molecule has 0 bridgehead atoms. The quantitative estimate of drug-likeness (QED) is 0.300. The minimum absolute atomic E-state index is 0.192. The van der Waals surface area contributed by atoms with Gasteiger partial charge in [-0.15, -0.1) is 0 Å². The number of anilines is 1. The fraction of sp³-hybridized carbons (Fsp3) is 0.407. The highest BCUT2D eigenvalue weighted by Gasteiger charge is 2.38. The fourth-order valence-electron chi connectivity index (χ4n) is 5.21. The third kappa shape index (κ3) is 5.11. The van der Waals surface area contributed by atoms with Crippen molar-refractivity contribution >= 4 is 51.2 Å². The minimum atomic E-state index is -0.743. The van der Waals surface area contributed by atoms with Crippen LogP contribution < -0.4 is 9.64 Å². The highest BCUT2D eigenvalue weighted by atomic mass is 35.5. The van der Waals surface area contributed by atoms with Gasteiger partial charge in [0.15, 0.2) is 17.5 Å². The number of imidazole rings is 1. The van der Waals surface area contributed by atoms with Gasteiger partial charge >= 0.3 is 0 Å². The van der Waals surface area contributed by atoms with Gasteiger partial charge in [-0.2, -0.15) is 5.10 Å². The number of halogens is 3. The molecule has 0 N–H and O–H groups in total. The molecule has 9 nitrogen and oxygen atoms in total. The van der Waals surface area contributed by atoms with Crippen molar-refractivity contribution in [3.05, 3.63) is 68.3 Å². The smallest absolute Gasteiger partial charge is 0.261 e. The number of carbonyl (C=O) groups is 1. The zero-order chi connectivity index (χ0) is 28.0. The molecule has 2 aliphatic heterocycles. The lowest BCUT2D eigenvalue weighted by Crippen LogP contribution is -2.44. The van der Waals surface area contributed by atoms with Crippen molar-refractivity contribution in [2.24, 2.45) is 0 Å². The number of ether oxygens (including phenoxy) is 1. The number of carbonyl (C=O) groups excluding carboxylic acids is 1. The number of pyridine rings is 1. The van der Waals surface area contributed by atoms with E-state index in [4.69, 9.17) is 38.0 Å². The summed E-state index contributed by atoms with van der Waals surface area (Å²) in [6.45, 7) is 5.70. The Morgan fingerprint density at radius 2 is 1.93 bits per heavy atom. The molecule has 0 aliphatic carbocycles. The molecule has 1 aromatic carbocycles. The van der Waals surface area contributed by atoms with Gasteiger partial charge in [0.25, 0.3) is 5.91 Å². The van der Waals surface area contributed by atoms with E-state index >= 15 is 4.39 Å². The van der Waals surface area contributed by atoms with Gasteiger partial charge in [-0.05, 0) is 37.7 Å². The molecule has 2 aliphatic rings. The zero-order valence-electron chi connectivity index (χ0n) is 22.1. The first-order chi connectivity index (χ1) is 19.3. The fourth-order valence-corrected chi connectivity index (χ4v) is 6.43. The number of aromatic nitrogens is 4. The van der Waals surface area contributed by atoms with Crippen molar-refractivity contribution in [2.45, 2.75) is 25.8 Å². The lowest BCUT2D eigenvalue weighted by Gasteiger charge is -2.35. The summed E-state index contributed by atoms with van der Waals surface area (Å²) in [6.07, 6.45) is 1.27. The van der Waals surface area contributed by atoms with E-state index in [1.54, 1.807) is 27.6 Å². The molecule has 40 heavy (non-hydrogen) atoms. The third-order valence-electron chi connectivity index (χ3n) is 7.37. The molecule has 1 saturated heterocycles. The van der Waals surface area contributed by atoms with Gasteiger partial charge in [-0.3, -0.25) is 4.79 Å². The van der Waals surface area contributed by atoms with E-state index in [0.29, 0.717) is 30.0 Å². The van der Waals surface area contributed by atoms with E-state index in [1.807, 2.05) is 13.0 Å². The first-order valence-electron chi connectivity index (χ1n) is 13.2. The molecule has 0 spiro atoms. The first kappa shape index (κ1) is 27.2. The summed E-state index contributed by atoms with van der Waals surface area (Å²) in [6, 6.07) is 7.34. The molecule has 0 radical (unpaired) electrons. The molecule has 1 fully saturated rings.